The molecule has 6 nitrogen and oxygen atoms in total. The van der Waals surface area contributed by atoms with Gasteiger partial charge in [0.05, 0.1) is 11.0 Å². The van der Waals surface area contributed by atoms with Gasteiger partial charge in [0.15, 0.2) is 0 Å². The average Bonchev–Trinajstić information content (AvgIpc) is 2.26. The lowest BCUT2D eigenvalue weighted by Gasteiger charge is -2.20. The van der Waals surface area contributed by atoms with Crippen molar-refractivity contribution >= 4 is 11.5 Å². The molecule has 0 spiro atoms. The van der Waals surface area contributed by atoms with Gasteiger partial charge < -0.3 is 10.6 Å². The second-order valence-corrected chi connectivity index (χ2v) is 3.45. The smallest absolute Gasteiger partial charge is 0.277 e. The van der Waals surface area contributed by atoms with Crippen molar-refractivity contribution in [1.82, 2.24) is 4.98 Å². The molecule has 88 valence electrons. The number of rotatable bonds is 5. The highest BCUT2D eigenvalue weighted by Crippen LogP contribution is 2.22. The van der Waals surface area contributed by atoms with Crippen LogP contribution in [0.1, 0.15) is 12.5 Å². The van der Waals surface area contributed by atoms with Crippen molar-refractivity contribution < 1.29 is 4.92 Å². The topological polar surface area (TPSA) is 85.3 Å². The van der Waals surface area contributed by atoms with Gasteiger partial charge in [-0.15, -0.1) is 0 Å². The number of likely N-dealkylation sites (N-methyl/N-ethyl adjacent to an activating group) is 1. The lowest BCUT2D eigenvalue weighted by Crippen LogP contribution is -2.29. The summed E-state index contributed by atoms with van der Waals surface area (Å²) in [7, 11) is 0. The van der Waals surface area contributed by atoms with Crippen LogP contribution >= 0.6 is 0 Å². The van der Waals surface area contributed by atoms with E-state index in [0.29, 0.717) is 24.5 Å². The van der Waals surface area contributed by atoms with E-state index in [1.54, 1.807) is 6.92 Å². The SMILES string of the molecule is CCN(CCN)c1cc([N+](=O)[O-])c(C)cn1. The molecule has 0 unspecified atom stereocenters. The second kappa shape index (κ2) is 5.41. The first-order chi connectivity index (χ1) is 7.60. The minimum atomic E-state index is -0.392. The molecule has 0 saturated carbocycles. The fourth-order valence-electron chi connectivity index (χ4n) is 1.46. The Kier molecular flexibility index (Phi) is 4.19. The molecular formula is C10H16N4O2. The zero-order chi connectivity index (χ0) is 12.1. The van der Waals surface area contributed by atoms with E-state index in [1.165, 1.54) is 12.3 Å². The third-order valence-corrected chi connectivity index (χ3v) is 2.36. The van der Waals surface area contributed by atoms with Crippen molar-refractivity contribution in [3.05, 3.63) is 27.9 Å². The maximum Gasteiger partial charge on any atom is 0.277 e. The van der Waals surface area contributed by atoms with Gasteiger partial charge in [-0.3, -0.25) is 10.1 Å². The largest absolute Gasteiger partial charge is 0.355 e. The minimum absolute atomic E-state index is 0.0977. The Morgan fingerprint density at radius 2 is 2.31 bits per heavy atom. The Morgan fingerprint density at radius 1 is 1.62 bits per heavy atom. The molecule has 0 bridgehead atoms. The summed E-state index contributed by atoms with van der Waals surface area (Å²) < 4.78 is 0. The molecule has 0 aromatic carbocycles. The van der Waals surface area contributed by atoms with Gasteiger partial charge in [-0.1, -0.05) is 0 Å². The van der Waals surface area contributed by atoms with E-state index in [0.717, 1.165) is 6.54 Å². The summed E-state index contributed by atoms with van der Waals surface area (Å²) in [5, 5.41) is 10.8. The Hall–Kier alpha value is -1.69. The molecule has 0 aliphatic heterocycles. The van der Waals surface area contributed by atoms with Crippen LogP contribution in [0.4, 0.5) is 11.5 Å². The molecule has 0 aliphatic carbocycles. The first-order valence-electron chi connectivity index (χ1n) is 5.16. The minimum Gasteiger partial charge on any atom is -0.355 e. The van der Waals surface area contributed by atoms with E-state index in [4.69, 9.17) is 5.73 Å². The zero-order valence-electron chi connectivity index (χ0n) is 9.51. The van der Waals surface area contributed by atoms with Crippen LogP contribution in [0.5, 0.6) is 0 Å². The molecule has 0 atom stereocenters. The molecule has 1 heterocycles. The monoisotopic (exact) mass is 224 g/mol. The Bertz CT molecular complexity index is 381. The number of pyridine rings is 1. The van der Waals surface area contributed by atoms with Crippen molar-refractivity contribution in [2.75, 3.05) is 24.5 Å². The van der Waals surface area contributed by atoms with Crippen LogP contribution < -0.4 is 10.6 Å². The molecule has 6 heteroatoms. The molecule has 16 heavy (non-hydrogen) atoms. The number of nitro groups is 1. The van der Waals surface area contributed by atoms with Crippen LogP contribution in [0.3, 0.4) is 0 Å². The predicted octanol–water partition coefficient (Wildman–Crippen LogP) is 1.08. The van der Waals surface area contributed by atoms with E-state index in [2.05, 4.69) is 4.98 Å². The Morgan fingerprint density at radius 3 is 2.81 bits per heavy atom. The summed E-state index contributed by atoms with van der Waals surface area (Å²) >= 11 is 0. The molecule has 0 aliphatic rings. The van der Waals surface area contributed by atoms with Gasteiger partial charge in [0.25, 0.3) is 5.69 Å². The molecule has 2 N–H and O–H groups in total. The van der Waals surface area contributed by atoms with Crippen LogP contribution in [0.2, 0.25) is 0 Å². The van der Waals surface area contributed by atoms with Crippen molar-refractivity contribution in [3.8, 4) is 0 Å². The summed E-state index contributed by atoms with van der Waals surface area (Å²) in [6.07, 6.45) is 1.52. The van der Waals surface area contributed by atoms with Crippen LogP contribution in [0.15, 0.2) is 12.3 Å². The van der Waals surface area contributed by atoms with Crippen LogP contribution in [-0.2, 0) is 0 Å². The number of nitrogens with zero attached hydrogens (tertiary/aromatic N) is 3. The van der Waals surface area contributed by atoms with E-state index in [1.807, 2.05) is 11.8 Å². The summed E-state index contributed by atoms with van der Waals surface area (Å²) in [5.41, 5.74) is 6.13. The fraction of sp³-hybridized carbons (Fsp3) is 0.500. The van der Waals surface area contributed by atoms with E-state index < -0.39 is 4.92 Å². The van der Waals surface area contributed by atoms with Gasteiger partial charge in [0, 0.05) is 31.4 Å². The number of nitrogens with two attached hydrogens (primary N) is 1. The van der Waals surface area contributed by atoms with Gasteiger partial charge in [0.2, 0.25) is 0 Å². The molecule has 1 aromatic rings. The van der Waals surface area contributed by atoms with Gasteiger partial charge in [-0.05, 0) is 13.8 Å². The maximum atomic E-state index is 10.8. The van der Waals surface area contributed by atoms with Crippen molar-refractivity contribution in [1.29, 1.82) is 0 Å². The summed E-state index contributed by atoms with van der Waals surface area (Å²) in [4.78, 5) is 16.5. The van der Waals surface area contributed by atoms with Crippen molar-refractivity contribution in [2.45, 2.75) is 13.8 Å². The average molecular weight is 224 g/mol. The third-order valence-electron chi connectivity index (χ3n) is 2.36. The van der Waals surface area contributed by atoms with Gasteiger partial charge in [0.1, 0.15) is 5.82 Å². The van der Waals surface area contributed by atoms with Crippen LogP contribution in [-0.4, -0.2) is 29.5 Å². The van der Waals surface area contributed by atoms with Gasteiger partial charge in [-0.2, -0.15) is 0 Å². The second-order valence-electron chi connectivity index (χ2n) is 3.45. The van der Waals surface area contributed by atoms with Gasteiger partial charge in [-0.25, -0.2) is 4.98 Å². The highest BCUT2D eigenvalue weighted by Gasteiger charge is 2.14. The first kappa shape index (κ1) is 12.4. The lowest BCUT2D eigenvalue weighted by molar-refractivity contribution is -0.385. The first-order valence-corrected chi connectivity index (χ1v) is 5.16. The van der Waals surface area contributed by atoms with E-state index in [-0.39, 0.29) is 5.69 Å². The molecule has 0 saturated heterocycles. The quantitative estimate of drug-likeness (QED) is 0.597. The van der Waals surface area contributed by atoms with E-state index >= 15 is 0 Å². The molecule has 1 rings (SSSR count). The molecule has 0 radical (unpaired) electrons. The predicted molar refractivity (Wildman–Crippen MR) is 62.6 cm³/mol. The summed E-state index contributed by atoms with van der Waals surface area (Å²) in [6, 6.07) is 1.49. The number of aryl methyl sites for hydroxylation is 1. The van der Waals surface area contributed by atoms with Crippen molar-refractivity contribution in [3.63, 3.8) is 0 Å². The lowest BCUT2D eigenvalue weighted by atomic mass is 10.2. The standard InChI is InChI=1S/C10H16N4O2/c1-3-13(5-4-11)10-6-9(14(15)16)8(2)7-12-10/h6-7H,3-5,11H2,1-2H3. The highest BCUT2D eigenvalue weighted by atomic mass is 16.6. The van der Waals surface area contributed by atoms with Crippen molar-refractivity contribution in [2.24, 2.45) is 5.73 Å². The Balaban J connectivity index is 3.05. The molecule has 0 fully saturated rings. The molecule has 1 aromatic heterocycles. The molecule has 0 amide bonds. The number of aromatic nitrogens is 1. The Labute approximate surface area is 94.2 Å². The van der Waals surface area contributed by atoms with Gasteiger partial charge >= 0.3 is 0 Å². The van der Waals surface area contributed by atoms with Crippen LogP contribution in [0.25, 0.3) is 0 Å². The summed E-state index contributed by atoms with van der Waals surface area (Å²) in [6.45, 7) is 5.50. The normalized spacial score (nSPS) is 10.2. The number of anilines is 1. The summed E-state index contributed by atoms with van der Waals surface area (Å²) in [5.74, 6) is 0.602. The highest BCUT2D eigenvalue weighted by molar-refractivity contribution is 5.50. The zero-order valence-corrected chi connectivity index (χ0v) is 9.51. The molecular weight excluding hydrogens is 208 g/mol. The third kappa shape index (κ3) is 2.66. The number of hydrogen-bond acceptors (Lipinski definition) is 5. The van der Waals surface area contributed by atoms with Crippen LogP contribution in [0, 0.1) is 17.0 Å². The van der Waals surface area contributed by atoms with E-state index in [9.17, 15) is 10.1 Å². The fourth-order valence-corrected chi connectivity index (χ4v) is 1.46. The number of hydrogen-bond donors (Lipinski definition) is 1. The maximum absolute atomic E-state index is 10.8.